The van der Waals surface area contributed by atoms with Crippen molar-refractivity contribution >= 4 is 74.4 Å². The van der Waals surface area contributed by atoms with Crippen LogP contribution in [0.1, 0.15) is 1.43 Å². The van der Waals surface area contributed by atoms with Gasteiger partial charge in [0.1, 0.15) is 6.15 Å². The van der Waals surface area contributed by atoms with Crippen LogP contribution in [0.3, 0.4) is 0 Å². The maximum absolute atomic E-state index is 6.22. The van der Waals surface area contributed by atoms with Crippen molar-refractivity contribution in [2.45, 2.75) is 0 Å². The SMILES string of the molecule is Clc1ccc([B-](c2ccc(Cl)cc2)(c2ccc(Cl)cc2)c2ccc(Cl)cc2)cc1.[H+]. The fourth-order valence-electron chi connectivity index (χ4n) is 4.16. The highest BCUT2D eigenvalue weighted by Crippen LogP contribution is 2.16. The molecule has 0 spiro atoms. The van der Waals surface area contributed by atoms with Crippen LogP contribution in [0.5, 0.6) is 0 Å². The van der Waals surface area contributed by atoms with Crippen LogP contribution in [0.2, 0.25) is 20.1 Å². The van der Waals surface area contributed by atoms with Gasteiger partial charge in [0.15, 0.2) is 0 Å². The third kappa shape index (κ3) is 3.93. The van der Waals surface area contributed by atoms with Crippen molar-refractivity contribution in [2.75, 3.05) is 0 Å². The Kier molecular flexibility index (Phi) is 5.94. The lowest BCUT2D eigenvalue weighted by Crippen LogP contribution is -2.74. The number of benzene rings is 4. The van der Waals surface area contributed by atoms with Gasteiger partial charge in [-0.3, -0.25) is 0 Å². The van der Waals surface area contributed by atoms with E-state index in [1.165, 1.54) is 0 Å². The molecule has 0 saturated heterocycles. The van der Waals surface area contributed by atoms with E-state index in [1.54, 1.807) is 0 Å². The maximum Gasteiger partial charge on any atom is 1.00 e. The van der Waals surface area contributed by atoms with Gasteiger partial charge in [-0.15, -0.1) is 0 Å². The number of rotatable bonds is 4. The van der Waals surface area contributed by atoms with Crippen LogP contribution >= 0.6 is 46.4 Å². The Hall–Kier alpha value is -1.90. The van der Waals surface area contributed by atoms with Crippen LogP contribution < -0.4 is 21.9 Å². The predicted molar refractivity (Wildman–Crippen MR) is 131 cm³/mol. The second kappa shape index (κ2) is 8.46. The lowest BCUT2D eigenvalue weighted by Gasteiger charge is -2.44. The van der Waals surface area contributed by atoms with E-state index in [2.05, 4.69) is 48.5 Å². The molecule has 4 aromatic rings. The second-order valence-corrected chi connectivity index (χ2v) is 8.82. The molecule has 0 radical (unpaired) electrons. The van der Waals surface area contributed by atoms with Gasteiger partial charge in [0.25, 0.3) is 0 Å². The molecule has 0 aromatic heterocycles. The summed E-state index contributed by atoms with van der Waals surface area (Å²) in [5.41, 5.74) is 4.56. The first-order valence-corrected chi connectivity index (χ1v) is 10.7. The van der Waals surface area contributed by atoms with Crippen LogP contribution in [0.15, 0.2) is 97.1 Å². The van der Waals surface area contributed by atoms with Gasteiger partial charge in [-0.1, -0.05) is 94.9 Å². The van der Waals surface area contributed by atoms with Gasteiger partial charge >= 0.3 is 1.43 Å². The quantitative estimate of drug-likeness (QED) is 0.340. The first kappa shape index (κ1) is 20.4. The summed E-state index contributed by atoms with van der Waals surface area (Å²) in [6.07, 6.45) is -1.51. The zero-order valence-corrected chi connectivity index (χ0v) is 18.4. The van der Waals surface area contributed by atoms with Crippen molar-refractivity contribution in [3.63, 3.8) is 0 Å². The average Bonchev–Trinajstić information content (AvgIpc) is 2.73. The van der Waals surface area contributed by atoms with Crippen molar-refractivity contribution in [1.82, 2.24) is 0 Å². The Morgan fingerprint density at radius 1 is 0.345 bits per heavy atom. The van der Waals surface area contributed by atoms with Crippen LogP contribution in [-0.2, 0) is 0 Å². The van der Waals surface area contributed by atoms with Gasteiger partial charge in [-0.2, -0.15) is 21.9 Å². The third-order valence-electron chi connectivity index (χ3n) is 5.48. The molecule has 0 amide bonds. The van der Waals surface area contributed by atoms with Crippen molar-refractivity contribution in [3.05, 3.63) is 117 Å². The third-order valence-corrected chi connectivity index (χ3v) is 6.49. The molecule has 0 nitrogen and oxygen atoms in total. The standard InChI is InChI=1S/C24H16BCl4/c26-21-9-1-17(2-10-21)25(18-3-11-22(27)12-4-18,19-5-13-23(28)14-6-19)20-7-15-24(29)16-8-20/h1-16H/q-1/p+1. The normalized spacial score (nSPS) is 11.4. The summed E-state index contributed by atoms with van der Waals surface area (Å²) in [7, 11) is 0. The van der Waals surface area contributed by atoms with Crippen molar-refractivity contribution in [3.8, 4) is 0 Å². The monoisotopic (exact) mass is 456 g/mol. The van der Waals surface area contributed by atoms with Gasteiger partial charge in [0, 0.05) is 20.1 Å². The van der Waals surface area contributed by atoms with Crippen molar-refractivity contribution in [1.29, 1.82) is 0 Å². The first-order chi connectivity index (χ1) is 14.0. The zero-order valence-electron chi connectivity index (χ0n) is 16.3. The number of hydrogen-bond acceptors (Lipinski definition) is 0. The van der Waals surface area contributed by atoms with Gasteiger partial charge in [-0.05, 0) is 48.5 Å². The molecule has 144 valence electrons. The molecule has 4 rings (SSSR count). The molecule has 0 bridgehead atoms. The summed E-state index contributed by atoms with van der Waals surface area (Å²) in [4.78, 5) is 0. The van der Waals surface area contributed by atoms with E-state index in [4.69, 9.17) is 46.4 Å². The molecule has 0 aliphatic heterocycles. The number of halogens is 4. The fraction of sp³-hybridized carbons (Fsp3) is 0. The minimum atomic E-state index is -1.51. The van der Waals surface area contributed by atoms with E-state index < -0.39 is 6.15 Å². The van der Waals surface area contributed by atoms with E-state index >= 15 is 0 Å². The van der Waals surface area contributed by atoms with E-state index in [0.29, 0.717) is 20.1 Å². The lowest BCUT2D eigenvalue weighted by atomic mass is 9.13. The van der Waals surface area contributed by atoms with Gasteiger partial charge in [0.05, 0.1) is 0 Å². The van der Waals surface area contributed by atoms with Crippen LogP contribution in [0.25, 0.3) is 0 Å². The first-order valence-electron chi connectivity index (χ1n) is 9.20. The highest BCUT2D eigenvalue weighted by molar-refractivity contribution is 7.19. The van der Waals surface area contributed by atoms with Crippen molar-refractivity contribution < 1.29 is 1.43 Å². The molecule has 0 heterocycles. The van der Waals surface area contributed by atoms with Gasteiger partial charge in [-0.25, -0.2) is 0 Å². The van der Waals surface area contributed by atoms with Crippen LogP contribution in [0.4, 0.5) is 0 Å². The van der Waals surface area contributed by atoms with E-state index in [0.717, 1.165) is 21.9 Å². The minimum Gasteiger partial charge on any atom is -0.195 e. The smallest absolute Gasteiger partial charge is 0.195 e. The molecular formula is C24H17BCl4. The van der Waals surface area contributed by atoms with E-state index in [9.17, 15) is 0 Å². The van der Waals surface area contributed by atoms with Gasteiger partial charge < -0.3 is 0 Å². The highest BCUT2D eigenvalue weighted by atomic mass is 35.5. The lowest BCUT2D eigenvalue weighted by molar-refractivity contribution is 1.66. The molecule has 0 fully saturated rings. The summed E-state index contributed by atoms with van der Waals surface area (Å²) in [5, 5.41) is 2.78. The minimum absolute atomic E-state index is 0. The zero-order chi connectivity index (χ0) is 20.4. The molecule has 0 saturated carbocycles. The predicted octanol–water partition coefficient (Wildman–Crippen LogP) is 5.79. The molecule has 0 N–H and O–H groups in total. The largest absolute Gasteiger partial charge is 1.00 e. The summed E-state index contributed by atoms with van der Waals surface area (Å²) in [6, 6.07) is 32.1. The summed E-state index contributed by atoms with van der Waals surface area (Å²) >= 11 is 24.9. The summed E-state index contributed by atoms with van der Waals surface area (Å²) in [5.74, 6) is 0. The molecule has 0 aliphatic rings. The van der Waals surface area contributed by atoms with Crippen molar-refractivity contribution in [2.24, 2.45) is 0 Å². The molecule has 5 heteroatoms. The Bertz CT molecular complexity index is 922. The average molecular weight is 458 g/mol. The van der Waals surface area contributed by atoms with Crippen LogP contribution in [-0.4, -0.2) is 6.15 Å². The number of hydrogen-bond donors (Lipinski definition) is 0. The van der Waals surface area contributed by atoms with Crippen LogP contribution in [0, 0.1) is 0 Å². The van der Waals surface area contributed by atoms with Gasteiger partial charge in [0.2, 0.25) is 0 Å². The summed E-state index contributed by atoms with van der Waals surface area (Å²) < 4.78 is 0. The Balaban J connectivity index is 0.00000256. The second-order valence-electron chi connectivity index (χ2n) is 7.07. The van der Waals surface area contributed by atoms with E-state index in [-0.39, 0.29) is 1.43 Å². The molecule has 4 aromatic carbocycles. The molecule has 0 aliphatic carbocycles. The Morgan fingerprint density at radius 2 is 0.517 bits per heavy atom. The Morgan fingerprint density at radius 3 is 0.690 bits per heavy atom. The molecule has 0 unspecified atom stereocenters. The molecule has 0 atom stereocenters. The molecular weight excluding hydrogens is 441 g/mol. The topological polar surface area (TPSA) is 0 Å². The molecule has 29 heavy (non-hydrogen) atoms. The summed E-state index contributed by atoms with van der Waals surface area (Å²) in [6.45, 7) is 0. The maximum atomic E-state index is 6.22. The fourth-order valence-corrected chi connectivity index (χ4v) is 4.66. The highest BCUT2D eigenvalue weighted by Gasteiger charge is 2.31. The van der Waals surface area contributed by atoms with E-state index in [1.807, 2.05) is 48.5 Å². The Labute approximate surface area is 192 Å².